The lowest BCUT2D eigenvalue weighted by Gasteiger charge is -2.04. The number of ether oxygens (including phenoxy) is 1. The van der Waals surface area contributed by atoms with E-state index in [1.807, 2.05) is 49.4 Å². The molecule has 118 valence electrons. The van der Waals surface area contributed by atoms with Gasteiger partial charge in [-0.05, 0) is 24.6 Å². The van der Waals surface area contributed by atoms with E-state index in [0.717, 1.165) is 21.5 Å². The predicted octanol–water partition coefficient (Wildman–Crippen LogP) is 4.41. The molecule has 2 heterocycles. The molecule has 6 heteroatoms. The Morgan fingerprint density at radius 2 is 1.88 bits per heavy atom. The van der Waals surface area contributed by atoms with Crippen LogP contribution in [0.15, 0.2) is 63.8 Å². The van der Waals surface area contributed by atoms with Gasteiger partial charge in [-0.1, -0.05) is 46.8 Å². The monoisotopic (exact) mass is 336 g/mol. The summed E-state index contributed by atoms with van der Waals surface area (Å²) in [5.74, 6) is 0.548. The van der Waals surface area contributed by atoms with Gasteiger partial charge in [0.15, 0.2) is 5.01 Å². The lowest BCUT2D eigenvalue weighted by molar-refractivity contribution is 0.471. The second-order valence-electron chi connectivity index (χ2n) is 5.25. The summed E-state index contributed by atoms with van der Waals surface area (Å²) in [7, 11) is 0. The molecule has 0 atom stereocenters. The van der Waals surface area contributed by atoms with Gasteiger partial charge < -0.3 is 9.15 Å². The van der Waals surface area contributed by atoms with Crippen LogP contribution in [0.1, 0.15) is 5.56 Å². The molecule has 5 nitrogen and oxygen atoms in total. The average molecular weight is 336 g/mol. The number of aryl methyl sites for hydroxylation is 1. The zero-order chi connectivity index (χ0) is 16.5. The van der Waals surface area contributed by atoms with Gasteiger partial charge in [0, 0.05) is 23.1 Å². The van der Waals surface area contributed by atoms with E-state index in [1.54, 1.807) is 6.07 Å². The van der Waals surface area contributed by atoms with E-state index < -0.39 is 0 Å². The highest BCUT2D eigenvalue weighted by Gasteiger charge is 2.10. The Balaban J connectivity index is 1.65. The molecule has 0 spiro atoms. The predicted molar refractivity (Wildman–Crippen MR) is 92.6 cm³/mol. The van der Waals surface area contributed by atoms with Crippen LogP contribution in [0.25, 0.3) is 21.5 Å². The molecule has 0 saturated carbocycles. The van der Waals surface area contributed by atoms with Gasteiger partial charge in [0.25, 0.3) is 5.19 Å². The molecule has 0 radical (unpaired) electrons. The third-order valence-corrected chi connectivity index (χ3v) is 4.41. The van der Waals surface area contributed by atoms with Crippen LogP contribution in [0.2, 0.25) is 0 Å². The van der Waals surface area contributed by atoms with Crippen molar-refractivity contribution in [3.63, 3.8) is 0 Å². The van der Waals surface area contributed by atoms with Gasteiger partial charge in [0.2, 0.25) is 0 Å². The third kappa shape index (κ3) is 2.79. The minimum absolute atomic E-state index is 0.376. The van der Waals surface area contributed by atoms with Gasteiger partial charge >= 0.3 is 5.63 Å². The first-order valence-electron chi connectivity index (χ1n) is 7.30. The molecule has 0 saturated heterocycles. The Morgan fingerprint density at radius 1 is 1.04 bits per heavy atom. The Bertz CT molecular complexity index is 1070. The second kappa shape index (κ2) is 5.90. The summed E-state index contributed by atoms with van der Waals surface area (Å²) in [4.78, 5) is 11.5. The van der Waals surface area contributed by atoms with Gasteiger partial charge in [0.05, 0.1) is 0 Å². The molecule has 2 aromatic heterocycles. The molecule has 24 heavy (non-hydrogen) atoms. The molecule has 0 aliphatic heterocycles. The van der Waals surface area contributed by atoms with E-state index in [4.69, 9.17) is 9.15 Å². The fourth-order valence-electron chi connectivity index (χ4n) is 2.42. The molecular formula is C18H12N2O3S. The summed E-state index contributed by atoms with van der Waals surface area (Å²) in [6, 6.07) is 16.6. The molecule has 0 aliphatic rings. The molecule has 0 aliphatic carbocycles. The Labute approximate surface area is 141 Å². The molecule has 0 amide bonds. The van der Waals surface area contributed by atoms with Crippen molar-refractivity contribution in [2.24, 2.45) is 0 Å². The van der Waals surface area contributed by atoms with E-state index >= 15 is 0 Å². The number of benzene rings is 2. The van der Waals surface area contributed by atoms with Crippen LogP contribution in [0, 0.1) is 6.92 Å². The van der Waals surface area contributed by atoms with Gasteiger partial charge in [-0.25, -0.2) is 4.79 Å². The minimum Gasteiger partial charge on any atom is -0.430 e. The lowest BCUT2D eigenvalue weighted by atomic mass is 10.1. The standard InChI is InChI=1S/C18H12N2O3S/c1-11-9-16(21)23-15-10-13(7-8-14(11)15)22-18-20-19-17(24-18)12-5-3-2-4-6-12/h2-10H,1H3. The number of rotatable bonds is 3. The van der Waals surface area contributed by atoms with Gasteiger partial charge in [-0.15, -0.1) is 5.10 Å². The number of aromatic nitrogens is 2. The maximum absolute atomic E-state index is 11.5. The fourth-order valence-corrected chi connectivity index (χ4v) is 3.14. The average Bonchev–Trinajstić information content (AvgIpc) is 3.03. The summed E-state index contributed by atoms with van der Waals surface area (Å²) in [5.41, 5.74) is 1.98. The molecular weight excluding hydrogens is 324 g/mol. The first-order valence-corrected chi connectivity index (χ1v) is 8.12. The number of hydrogen-bond donors (Lipinski definition) is 0. The van der Waals surface area contributed by atoms with Crippen molar-refractivity contribution in [2.75, 3.05) is 0 Å². The summed E-state index contributed by atoms with van der Waals surface area (Å²) in [6.07, 6.45) is 0. The second-order valence-corrected chi connectivity index (χ2v) is 6.19. The number of hydrogen-bond acceptors (Lipinski definition) is 6. The van der Waals surface area contributed by atoms with Crippen LogP contribution in [-0.4, -0.2) is 10.2 Å². The van der Waals surface area contributed by atoms with Crippen molar-refractivity contribution in [3.8, 4) is 21.5 Å². The lowest BCUT2D eigenvalue weighted by Crippen LogP contribution is -1.97. The number of fused-ring (bicyclic) bond motifs is 1. The van der Waals surface area contributed by atoms with Crippen molar-refractivity contribution >= 4 is 22.3 Å². The van der Waals surface area contributed by atoms with Crippen LogP contribution in [0.5, 0.6) is 10.9 Å². The normalized spacial score (nSPS) is 10.9. The largest absolute Gasteiger partial charge is 0.430 e. The highest BCUT2D eigenvalue weighted by Crippen LogP contribution is 2.32. The number of nitrogens with zero attached hydrogens (tertiary/aromatic N) is 2. The van der Waals surface area contributed by atoms with Gasteiger partial charge in [-0.2, -0.15) is 0 Å². The highest BCUT2D eigenvalue weighted by molar-refractivity contribution is 7.16. The Hall–Kier alpha value is -2.99. The zero-order valence-electron chi connectivity index (χ0n) is 12.7. The van der Waals surface area contributed by atoms with Crippen molar-refractivity contribution in [2.45, 2.75) is 6.92 Å². The van der Waals surface area contributed by atoms with Crippen molar-refractivity contribution in [1.82, 2.24) is 10.2 Å². The molecule has 0 unspecified atom stereocenters. The van der Waals surface area contributed by atoms with Crippen LogP contribution in [0.4, 0.5) is 0 Å². The summed E-state index contributed by atoms with van der Waals surface area (Å²) < 4.78 is 11.0. The first-order chi connectivity index (χ1) is 11.7. The van der Waals surface area contributed by atoms with E-state index in [1.165, 1.54) is 17.4 Å². The fraction of sp³-hybridized carbons (Fsp3) is 0.0556. The third-order valence-electron chi connectivity index (χ3n) is 3.56. The molecule has 4 aromatic rings. The van der Waals surface area contributed by atoms with Gasteiger partial charge in [0.1, 0.15) is 11.3 Å². The molecule has 0 N–H and O–H groups in total. The van der Waals surface area contributed by atoms with Crippen LogP contribution in [0.3, 0.4) is 0 Å². The van der Waals surface area contributed by atoms with E-state index in [0.29, 0.717) is 16.5 Å². The maximum Gasteiger partial charge on any atom is 0.336 e. The Morgan fingerprint density at radius 3 is 2.71 bits per heavy atom. The van der Waals surface area contributed by atoms with E-state index in [9.17, 15) is 4.79 Å². The first kappa shape index (κ1) is 14.6. The van der Waals surface area contributed by atoms with Crippen molar-refractivity contribution in [1.29, 1.82) is 0 Å². The smallest absolute Gasteiger partial charge is 0.336 e. The minimum atomic E-state index is -0.376. The zero-order valence-corrected chi connectivity index (χ0v) is 13.5. The molecule has 0 fully saturated rings. The SMILES string of the molecule is Cc1cc(=O)oc2cc(Oc3nnc(-c4ccccc4)s3)ccc12. The summed E-state index contributed by atoms with van der Waals surface area (Å²) in [6.45, 7) is 1.87. The summed E-state index contributed by atoms with van der Waals surface area (Å²) >= 11 is 1.36. The molecule has 4 rings (SSSR count). The molecule has 2 aromatic carbocycles. The van der Waals surface area contributed by atoms with Crippen LogP contribution in [-0.2, 0) is 0 Å². The summed E-state index contributed by atoms with van der Waals surface area (Å²) in [5, 5.41) is 10.3. The van der Waals surface area contributed by atoms with Crippen LogP contribution < -0.4 is 10.4 Å². The van der Waals surface area contributed by atoms with Crippen molar-refractivity contribution < 1.29 is 9.15 Å². The topological polar surface area (TPSA) is 65.2 Å². The van der Waals surface area contributed by atoms with E-state index in [-0.39, 0.29) is 5.63 Å². The molecule has 0 bridgehead atoms. The van der Waals surface area contributed by atoms with E-state index in [2.05, 4.69) is 10.2 Å². The highest BCUT2D eigenvalue weighted by atomic mass is 32.1. The van der Waals surface area contributed by atoms with Crippen LogP contribution >= 0.6 is 11.3 Å². The van der Waals surface area contributed by atoms with Crippen molar-refractivity contribution in [3.05, 3.63) is 70.6 Å². The quantitative estimate of drug-likeness (QED) is 0.518. The Kier molecular flexibility index (Phi) is 3.59. The maximum atomic E-state index is 11.5. The van der Waals surface area contributed by atoms with Gasteiger partial charge in [-0.3, -0.25) is 0 Å².